The number of benzene rings is 1. The Bertz CT molecular complexity index is 564. The topological polar surface area (TPSA) is 60.9 Å². The zero-order valence-electron chi connectivity index (χ0n) is 12.2. The first-order chi connectivity index (χ1) is 10.1. The smallest absolute Gasteiger partial charge is 0.307 e. The van der Waals surface area contributed by atoms with Gasteiger partial charge in [0.25, 0.3) is 0 Å². The minimum absolute atomic E-state index is 0.0197. The number of anilines is 1. The van der Waals surface area contributed by atoms with E-state index in [1.807, 2.05) is 11.0 Å². The van der Waals surface area contributed by atoms with Crippen LogP contribution < -0.4 is 4.90 Å². The maximum Gasteiger partial charge on any atom is 0.307 e. The number of piperazine rings is 1. The molecule has 1 aromatic rings. The van der Waals surface area contributed by atoms with E-state index in [-0.39, 0.29) is 11.8 Å². The minimum Gasteiger partial charge on any atom is -0.481 e. The fourth-order valence-corrected chi connectivity index (χ4v) is 2.99. The maximum atomic E-state index is 12.2. The zero-order chi connectivity index (χ0) is 15.0. The van der Waals surface area contributed by atoms with Crippen LogP contribution in [0, 0.1) is 18.8 Å². The van der Waals surface area contributed by atoms with E-state index in [2.05, 4.69) is 30.0 Å². The van der Waals surface area contributed by atoms with Crippen LogP contribution in [0.2, 0.25) is 0 Å². The van der Waals surface area contributed by atoms with Gasteiger partial charge in [-0.3, -0.25) is 9.59 Å². The summed E-state index contributed by atoms with van der Waals surface area (Å²) in [6, 6.07) is 8.36. The Morgan fingerprint density at radius 3 is 2.43 bits per heavy atom. The lowest BCUT2D eigenvalue weighted by Gasteiger charge is -2.36. The van der Waals surface area contributed by atoms with E-state index in [9.17, 15) is 9.59 Å². The number of nitrogens with zero attached hydrogens (tertiary/aromatic N) is 2. The first kappa shape index (κ1) is 13.9. The summed E-state index contributed by atoms with van der Waals surface area (Å²) >= 11 is 0. The molecule has 2 aliphatic rings. The van der Waals surface area contributed by atoms with Gasteiger partial charge >= 0.3 is 5.97 Å². The number of carbonyl (C=O) groups is 2. The molecule has 1 amide bonds. The first-order valence-corrected chi connectivity index (χ1v) is 7.39. The van der Waals surface area contributed by atoms with Crippen LogP contribution in [0.1, 0.15) is 12.0 Å². The highest BCUT2D eigenvalue weighted by molar-refractivity contribution is 5.89. The first-order valence-electron chi connectivity index (χ1n) is 7.39. The van der Waals surface area contributed by atoms with Crippen molar-refractivity contribution < 1.29 is 14.7 Å². The average molecular weight is 288 g/mol. The van der Waals surface area contributed by atoms with Crippen molar-refractivity contribution in [3.05, 3.63) is 29.8 Å². The highest BCUT2D eigenvalue weighted by Gasteiger charge is 2.49. The van der Waals surface area contributed by atoms with Gasteiger partial charge in [-0.15, -0.1) is 0 Å². The molecule has 0 bridgehead atoms. The summed E-state index contributed by atoms with van der Waals surface area (Å²) in [5.74, 6) is -1.56. The van der Waals surface area contributed by atoms with Gasteiger partial charge in [0, 0.05) is 31.9 Å². The summed E-state index contributed by atoms with van der Waals surface area (Å²) in [5.41, 5.74) is 2.42. The number of aryl methyl sites for hydroxylation is 1. The van der Waals surface area contributed by atoms with Gasteiger partial charge in [-0.1, -0.05) is 12.1 Å². The molecule has 1 heterocycles. The summed E-state index contributed by atoms with van der Waals surface area (Å²) in [7, 11) is 0. The maximum absolute atomic E-state index is 12.2. The second kappa shape index (κ2) is 5.39. The van der Waals surface area contributed by atoms with Gasteiger partial charge < -0.3 is 14.9 Å². The van der Waals surface area contributed by atoms with Gasteiger partial charge in [0.15, 0.2) is 0 Å². The number of carboxylic acids is 1. The van der Waals surface area contributed by atoms with Crippen molar-refractivity contribution >= 4 is 17.6 Å². The minimum atomic E-state index is -0.841. The molecule has 1 saturated heterocycles. The second-order valence-corrected chi connectivity index (χ2v) is 5.94. The van der Waals surface area contributed by atoms with Crippen molar-refractivity contribution in [3.63, 3.8) is 0 Å². The van der Waals surface area contributed by atoms with E-state index in [1.165, 1.54) is 11.3 Å². The standard InChI is InChI=1S/C16H20N2O3/c1-11-3-2-4-12(9-11)17-5-7-18(8-6-17)15(19)13-10-14(13)16(20)21/h2-4,9,13-14H,5-8,10H2,1H3,(H,20,21). The third kappa shape index (κ3) is 2.86. The quantitative estimate of drug-likeness (QED) is 0.912. The molecule has 1 aliphatic heterocycles. The number of hydrogen-bond donors (Lipinski definition) is 1. The highest BCUT2D eigenvalue weighted by Crippen LogP contribution is 2.40. The molecule has 2 atom stereocenters. The highest BCUT2D eigenvalue weighted by atomic mass is 16.4. The van der Waals surface area contributed by atoms with Crippen LogP contribution in [0.5, 0.6) is 0 Å². The molecule has 3 rings (SSSR count). The Kier molecular flexibility index (Phi) is 3.57. The molecule has 0 aromatic heterocycles. The van der Waals surface area contributed by atoms with E-state index >= 15 is 0 Å². The normalized spacial score (nSPS) is 24.8. The third-order valence-corrected chi connectivity index (χ3v) is 4.38. The van der Waals surface area contributed by atoms with E-state index in [4.69, 9.17) is 5.11 Å². The van der Waals surface area contributed by atoms with Gasteiger partial charge in [-0.2, -0.15) is 0 Å². The lowest BCUT2D eigenvalue weighted by Crippen LogP contribution is -2.49. The number of amides is 1. The Morgan fingerprint density at radius 2 is 1.86 bits per heavy atom. The van der Waals surface area contributed by atoms with Crippen molar-refractivity contribution in [2.45, 2.75) is 13.3 Å². The lowest BCUT2D eigenvalue weighted by molar-refractivity contribution is -0.142. The average Bonchev–Trinajstić information content (AvgIpc) is 3.27. The monoisotopic (exact) mass is 288 g/mol. The number of rotatable bonds is 3. The van der Waals surface area contributed by atoms with Crippen LogP contribution in [-0.4, -0.2) is 48.1 Å². The number of carboxylic acid groups (broad SMARTS) is 1. The van der Waals surface area contributed by atoms with E-state index in [1.54, 1.807) is 0 Å². The molecule has 5 nitrogen and oxygen atoms in total. The number of hydrogen-bond acceptors (Lipinski definition) is 3. The van der Waals surface area contributed by atoms with Gasteiger partial charge in [0.2, 0.25) is 5.91 Å². The fraction of sp³-hybridized carbons (Fsp3) is 0.500. The van der Waals surface area contributed by atoms with Crippen LogP contribution in [0.15, 0.2) is 24.3 Å². The van der Waals surface area contributed by atoms with Gasteiger partial charge in [-0.05, 0) is 31.0 Å². The molecular formula is C16H20N2O3. The van der Waals surface area contributed by atoms with Crippen molar-refractivity contribution in [2.75, 3.05) is 31.1 Å². The summed E-state index contributed by atoms with van der Waals surface area (Å²) in [4.78, 5) is 27.2. The van der Waals surface area contributed by atoms with E-state index in [0.29, 0.717) is 19.5 Å². The van der Waals surface area contributed by atoms with Gasteiger partial charge in [-0.25, -0.2) is 0 Å². The Labute approximate surface area is 124 Å². The van der Waals surface area contributed by atoms with Crippen LogP contribution in [0.4, 0.5) is 5.69 Å². The summed E-state index contributed by atoms with van der Waals surface area (Å²) in [6.07, 6.45) is 0.506. The van der Waals surface area contributed by atoms with E-state index < -0.39 is 11.9 Å². The van der Waals surface area contributed by atoms with Crippen LogP contribution in [-0.2, 0) is 9.59 Å². The largest absolute Gasteiger partial charge is 0.481 e. The number of aliphatic carboxylic acids is 1. The summed E-state index contributed by atoms with van der Waals surface area (Å²) in [5, 5.41) is 8.91. The molecule has 1 aromatic carbocycles. The lowest BCUT2D eigenvalue weighted by atomic mass is 10.2. The third-order valence-electron chi connectivity index (χ3n) is 4.38. The Balaban J connectivity index is 1.56. The van der Waals surface area contributed by atoms with Crippen LogP contribution in [0.3, 0.4) is 0 Å². The van der Waals surface area contributed by atoms with Gasteiger partial charge in [0.05, 0.1) is 11.8 Å². The molecule has 0 radical (unpaired) electrons. The summed E-state index contributed by atoms with van der Waals surface area (Å²) < 4.78 is 0. The molecule has 0 spiro atoms. The van der Waals surface area contributed by atoms with Gasteiger partial charge in [0.1, 0.15) is 0 Å². The van der Waals surface area contributed by atoms with Crippen molar-refractivity contribution in [3.8, 4) is 0 Å². The molecule has 112 valence electrons. The molecule has 1 N–H and O–H groups in total. The van der Waals surface area contributed by atoms with Crippen LogP contribution in [0.25, 0.3) is 0 Å². The SMILES string of the molecule is Cc1cccc(N2CCN(C(=O)C3CC3C(=O)O)CC2)c1. The van der Waals surface area contributed by atoms with Crippen molar-refractivity contribution in [1.82, 2.24) is 4.90 Å². The molecule has 2 unspecified atom stereocenters. The Hall–Kier alpha value is -2.04. The zero-order valence-corrected chi connectivity index (χ0v) is 12.2. The molecule has 1 aliphatic carbocycles. The molecule has 2 fully saturated rings. The molecule has 1 saturated carbocycles. The predicted octanol–water partition coefficient (Wildman–Crippen LogP) is 1.36. The molecule has 21 heavy (non-hydrogen) atoms. The fourth-order valence-electron chi connectivity index (χ4n) is 2.99. The van der Waals surface area contributed by atoms with Crippen molar-refractivity contribution in [1.29, 1.82) is 0 Å². The number of carbonyl (C=O) groups excluding carboxylic acids is 1. The van der Waals surface area contributed by atoms with Crippen LogP contribution >= 0.6 is 0 Å². The van der Waals surface area contributed by atoms with Crippen molar-refractivity contribution in [2.24, 2.45) is 11.8 Å². The summed E-state index contributed by atoms with van der Waals surface area (Å²) in [6.45, 7) is 5.03. The molecular weight excluding hydrogens is 268 g/mol. The molecule has 5 heteroatoms. The van der Waals surface area contributed by atoms with E-state index in [0.717, 1.165) is 13.1 Å². The second-order valence-electron chi connectivity index (χ2n) is 5.94. The Morgan fingerprint density at radius 1 is 1.14 bits per heavy atom. The predicted molar refractivity (Wildman–Crippen MR) is 79.2 cm³/mol.